The SMILES string of the molecule is NC(=O)/C(=N/O)c1cc2cc(Cl)ccc2o1.c1cc2c(cc1CCCN1CCCC1)OCCO2. The number of oxime groups is 1. The van der Waals surface area contributed by atoms with Crippen LogP contribution >= 0.6 is 11.6 Å². The number of benzene rings is 2. The molecule has 5 rings (SSSR count). The number of furan rings is 1. The van der Waals surface area contributed by atoms with Crippen molar-refractivity contribution in [3.63, 3.8) is 0 Å². The Morgan fingerprint density at radius 1 is 1.06 bits per heavy atom. The molecule has 0 aliphatic carbocycles. The van der Waals surface area contributed by atoms with E-state index in [1.165, 1.54) is 50.5 Å². The van der Waals surface area contributed by atoms with Gasteiger partial charge in [0.15, 0.2) is 17.3 Å². The fourth-order valence-corrected chi connectivity index (χ4v) is 4.29. The second-order valence-electron chi connectivity index (χ2n) is 8.24. The topological polar surface area (TPSA) is 111 Å². The average Bonchev–Trinajstić information content (AvgIpc) is 3.49. The van der Waals surface area contributed by atoms with Crippen molar-refractivity contribution in [2.75, 3.05) is 32.8 Å². The van der Waals surface area contributed by atoms with Crippen LogP contribution in [0.15, 0.2) is 52.0 Å². The lowest BCUT2D eigenvalue weighted by atomic mass is 10.1. The van der Waals surface area contributed by atoms with Gasteiger partial charge >= 0.3 is 0 Å². The number of hydrogen-bond acceptors (Lipinski definition) is 7. The van der Waals surface area contributed by atoms with Crippen molar-refractivity contribution in [2.45, 2.75) is 25.7 Å². The van der Waals surface area contributed by atoms with Gasteiger partial charge in [-0.3, -0.25) is 4.79 Å². The lowest BCUT2D eigenvalue weighted by Gasteiger charge is -2.19. The monoisotopic (exact) mass is 485 g/mol. The maximum Gasteiger partial charge on any atom is 0.274 e. The van der Waals surface area contributed by atoms with Gasteiger partial charge in [0.2, 0.25) is 5.71 Å². The largest absolute Gasteiger partial charge is 0.486 e. The minimum atomic E-state index is -0.868. The molecule has 0 unspecified atom stereocenters. The molecule has 2 aromatic carbocycles. The van der Waals surface area contributed by atoms with Gasteiger partial charge in [0.25, 0.3) is 5.91 Å². The highest BCUT2D eigenvalue weighted by atomic mass is 35.5. The van der Waals surface area contributed by atoms with E-state index in [4.69, 9.17) is 36.4 Å². The molecule has 1 fully saturated rings. The molecule has 2 aliphatic rings. The highest BCUT2D eigenvalue weighted by molar-refractivity contribution is 6.44. The Bertz CT molecular complexity index is 1170. The summed E-state index contributed by atoms with van der Waals surface area (Å²) in [6, 6.07) is 12.8. The van der Waals surface area contributed by atoms with E-state index in [1.807, 2.05) is 6.07 Å². The molecule has 3 N–H and O–H groups in total. The molecule has 0 saturated carbocycles. The van der Waals surface area contributed by atoms with Gasteiger partial charge in [-0.15, -0.1) is 0 Å². The summed E-state index contributed by atoms with van der Waals surface area (Å²) in [5.74, 6) is 1.05. The van der Waals surface area contributed by atoms with Crippen molar-refractivity contribution >= 4 is 34.2 Å². The highest BCUT2D eigenvalue weighted by Crippen LogP contribution is 2.31. The number of fused-ring (bicyclic) bond motifs is 2. The number of rotatable bonds is 6. The molecule has 1 amide bonds. The Balaban J connectivity index is 0.000000162. The summed E-state index contributed by atoms with van der Waals surface area (Å²) in [6.07, 6.45) is 5.13. The first-order valence-corrected chi connectivity index (χ1v) is 11.7. The Kier molecular flexibility index (Phi) is 7.92. The molecule has 0 spiro atoms. The Morgan fingerprint density at radius 2 is 1.82 bits per heavy atom. The third-order valence-electron chi connectivity index (χ3n) is 5.79. The van der Waals surface area contributed by atoms with Crippen LogP contribution in [0.2, 0.25) is 5.02 Å². The predicted octanol–water partition coefficient (Wildman–Crippen LogP) is 4.24. The Hall–Kier alpha value is -3.23. The lowest BCUT2D eigenvalue weighted by Crippen LogP contribution is -2.23. The normalized spacial score (nSPS) is 15.7. The van der Waals surface area contributed by atoms with Crippen molar-refractivity contribution in [1.29, 1.82) is 0 Å². The Labute approximate surface area is 202 Å². The quantitative estimate of drug-likeness (QED) is 0.307. The summed E-state index contributed by atoms with van der Waals surface area (Å²) >= 11 is 5.79. The van der Waals surface area contributed by atoms with Gasteiger partial charge in [-0.05, 0) is 87.3 Å². The number of nitrogens with zero attached hydrogens (tertiary/aromatic N) is 2. The first-order chi connectivity index (χ1) is 16.5. The van der Waals surface area contributed by atoms with Gasteiger partial charge in [0, 0.05) is 10.4 Å². The second-order valence-corrected chi connectivity index (χ2v) is 8.67. The second kappa shape index (κ2) is 11.3. The van der Waals surface area contributed by atoms with Crippen molar-refractivity contribution in [1.82, 2.24) is 4.90 Å². The smallest absolute Gasteiger partial charge is 0.274 e. The van der Waals surface area contributed by atoms with Crippen LogP contribution in [-0.2, 0) is 11.2 Å². The van der Waals surface area contributed by atoms with E-state index in [9.17, 15) is 4.79 Å². The predicted molar refractivity (Wildman–Crippen MR) is 130 cm³/mol. The van der Waals surface area contributed by atoms with Gasteiger partial charge in [-0.25, -0.2) is 0 Å². The van der Waals surface area contributed by atoms with Gasteiger partial charge in [0.1, 0.15) is 18.8 Å². The molecule has 1 saturated heterocycles. The van der Waals surface area contributed by atoms with Crippen LogP contribution in [-0.4, -0.2) is 54.6 Å². The van der Waals surface area contributed by atoms with Crippen LogP contribution in [0.5, 0.6) is 11.5 Å². The molecule has 3 aromatic rings. The van der Waals surface area contributed by atoms with Crippen molar-refractivity contribution in [2.24, 2.45) is 10.9 Å². The first kappa shape index (κ1) is 23.9. The van der Waals surface area contributed by atoms with Gasteiger partial charge in [-0.2, -0.15) is 0 Å². The number of carbonyl (C=O) groups excluding carboxylic acids is 1. The van der Waals surface area contributed by atoms with Crippen LogP contribution in [0, 0.1) is 0 Å². The van der Waals surface area contributed by atoms with Gasteiger partial charge in [0.05, 0.1) is 0 Å². The van der Waals surface area contributed by atoms with E-state index in [0.29, 0.717) is 29.2 Å². The van der Waals surface area contributed by atoms with Crippen LogP contribution < -0.4 is 15.2 Å². The molecule has 1 aromatic heterocycles. The minimum absolute atomic E-state index is 0.104. The molecule has 180 valence electrons. The number of hydrogen-bond donors (Lipinski definition) is 2. The van der Waals surface area contributed by atoms with E-state index in [2.05, 4.69) is 22.2 Å². The van der Waals surface area contributed by atoms with Crippen molar-refractivity contribution in [3.05, 3.63) is 58.8 Å². The van der Waals surface area contributed by atoms with Gasteiger partial charge in [-0.1, -0.05) is 22.8 Å². The molecular formula is C25H28ClN3O5. The highest BCUT2D eigenvalue weighted by Gasteiger charge is 2.16. The zero-order chi connectivity index (χ0) is 23.9. The van der Waals surface area contributed by atoms with Crippen LogP contribution in [0.3, 0.4) is 0 Å². The number of nitrogens with two attached hydrogens (primary N) is 1. The molecule has 34 heavy (non-hydrogen) atoms. The summed E-state index contributed by atoms with van der Waals surface area (Å²) in [5, 5.41) is 12.7. The summed E-state index contributed by atoms with van der Waals surface area (Å²) < 4.78 is 16.4. The zero-order valence-corrected chi connectivity index (χ0v) is 19.6. The molecule has 9 heteroatoms. The molecule has 2 aliphatic heterocycles. The summed E-state index contributed by atoms with van der Waals surface area (Å²) in [5.41, 5.74) is 6.58. The summed E-state index contributed by atoms with van der Waals surface area (Å²) in [4.78, 5) is 13.5. The number of halogens is 1. The number of amides is 1. The third kappa shape index (κ3) is 6.01. The fraction of sp³-hybridized carbons (Fsp3) is 0.360. The molecule has 8 nitrogen and oxygen atoms in total. The molecule has 3 heterocycles. The van der Waals surface area contributed by atoms with E-state index in [-0.39, 0.29) is 11.5 Å². The minimum Gasteiger partial charge on any atom is -0.486 e. The third-order valence-corrected chi connectivity index (χ3v) is 6.03. The maximum absolute atomic E-state index is 10.9. The lowest BCUT2D eigenvalue weighted by molar-refractivity contribution is -0.112. The molecule has 0 bridgehead atoms. The number of likely N-dealkylation sites (tertiary alicyclic amines) is 1. The number of carbonyl (C=O) groups is 1. The average molecular weight is 486 g/mol. The van der Waals surface area contributed by atoms with E-state index < -0.39 is 5.91 Å². The fourth-order valence-electron chi connectivity index (χ4n) is 4.11. The summed E-state index contributed by atoms with van der Waals surface area (Å²) in [6.45, 7) is 5.16. The van der Waals surface area contributed by atoms with Crippen LogP contribution in [0.4, 0.5) is 0 Å². The van der Waals surface area contributed by atoms with Crippen LogP contribution in [0.1, 0.15) is 30.6 Å². The Morgan fingerprint density at radius 3 is 2.56 bits per heavy atom. The van der Waals surface area contributed by atoms with Gasteiger partial charge < -0.3 is 29.7 Å². The van der Waals surface area contributed by atoms with E-state index in [1.54, 1.807) is 18.2 Å². The number of aryl methyl sites for hydroxylation is 1. The molecule has 0 atom stereocenters. The van der Waals surface area contributed by atoms with E-state index >= 15 is 0 Å². The standard InChI is InChI=1S/C15H21NO2.C10H7ClN2O3/c1-2-8-16(7-1)9-3-4-13-5-6-14-15(12-13)18-11-10-17-14;11-6-1-2-7-5(3-6)4-8(16-7)9(13-15)10(12)14/h5-6,12H,1-4,7-11H2;1-4,15H,(H2,12,14)/b;13-9+. The summed E-state index contributed by atoms with van der Waals surface area (Å²) in [7, 11) is 0. The maximum atomic E-state index is 10.9. The number of ether oxygens (including phenoxy) is 2. The van der Waals surface area contributed by atoms with E-state index in [0.717, 1.165) is 17.9 Å². The number of primary amides is 1. The zero-order valence-electron chi connectivity index (χ0n) is 18.8. The molecular weight excluding hydrogens is 458 g/mol. The first-order valence-electron chi connectivity index (χ1n) is 11.4. The van der Waals surface area contributed by atoms with Crippen LogP contribution in [0.25, 0.3) is 11.0 Å². The molecule has 0 radical (unpaired) electrons. The van der Waals surface area contributed by atoms with Crippen molar-refractivity contribution < 1.29 is 23.9 Å². The van der Waals surface area contributed by atoms with Crippen molar-refractivity contribution in [3.8, 4) is 11.5 Å².